The van der Waals surface area contributed by atoms with Crippen molar-refractivity contribution in [2.45, 2.75) is 45.0 Å². The van der Waals surface area contributed by atoms with Gasteiger partial charge >= 0.3 is 0 Å². The molecule has 35 heavy (non-hydrogen) atoms. The molecule has 0 saturated carbocycles. The molecule has 0 aromatic heterocycles. The Hall–Kier alpha value is -1.79. The van der Waals surface area contributed by atoms with Crippen LogP contribution < -0.4 is 14.8 Å². The molecule has 0 bridgehead atoms. The van der Waals surface area contributed by atoms with E-state index in [4.69, 9.17) is 20.8 Å². The van der Waals surface area contributed by atoms with Gasteiger partial charge in [0.2, 0.25) is 10.0 Å². The minimum Gasteiger partial charge on any atom is -0.506 e. The average Bonchev–Trinajstić information content (AvgIpc) is 2.81. The number of benzene rings is 2. The first kappa shape index (κ1) is 29.4. The average molecular weight is 608 g/mol. The second-order valence-corrected chi connectivity index (χ2v) is 15.9. The van der Waals surface area contributed by atoms with Crippen molar-refractivity contribution in [2.75, 3.05) is 24.1 Å². The van der Waals surface area contributed by atoms with Gasteiger partial charge in [-0.2, -0.15) is 0 Å². The second-order valence-electron chi connectivity index (χ2n) is 8.17. The van der Waals surface area contributed by atoms with E-state index in [2.05, 4.69) is 46.7 Å². The van der Waals surface area contributed by atoms with Crippen LogP contribution >= 0.6 is 27.5 Å². The molecule has 0 spiro atoms. The van der Waals surface area contributed by atoms with Crippen LogP contribution in [0.15, 0.2) is 40.9 Å². The Labute approximate surface area is 221 Å². The van der Waals surface area contributed by atoms with Crippen molar-refractivity contribution in [1.82, 2.24) is 5.32 Å². The Morgan fingerprint density at radius 2 is 1.80 bits per heavy atom. The van der Waals surface area contributed by atoms with Gasteiger partial charge < -0.3 is 19.6 Å². The first-order chi connectivity index (χ1) is 16.4. The summed E-state index contributed by atoms with van der Waals surface area (Å²) in [5, 5.41) is 13.4. The number of phenols is 1. The van der Waals surface area contributed by atoms with Crippen molar-refractivity contribution in [2.24, 2.45) is 0 Å². The number of nitrogens with one attached hydrogen (secondary N) is 2. The van der Waals surface area contributed by atoms with Crippen molar-refractivity contribution in [3.63, 3.8) is 0 Å². The number of halogens is 2. The Bertz CT molecular complexity index is 1120. The van der Waals surface area contributed by atoms with Crippen LogP contribution in [0.25, 0.3) is 0 Å². The van der Waals surface area contributed by atoms with Crippen LogP contribution in [-0.2, 0) is 19.2 Å². The molecule has 0 aliphatic heterocycles. The van der Waals surface area contributed by atoms with E-state index in [9.17, 15) is 18.3 Å². The van der Waals surface area contributed by atoms with Gasteiger partial charge in [-0.1, -0.05) is 38.4 Å². The lowest BCUT2D eigenvalue weighted by atomic mass is 10.1. The number of phenolic OH excluding ortho intramolecular Hbond substituents is 1. The number of ether oxygens (including phenoxy) is 1. The third-order valence-corrected chi connectivity index (χ3v) is 12.2. The maximum Gasteiger partial charge on any atom is 0.258 e. The maximum atomic E-state index is 12.5. The topological polar surface area (TPSA) is 114 Å². The molecule has 12 heteroatoms. The number of hydrogen-bond donors (Lipinski definition) is 3. The van der Waals surface area contributed by atoms with Gasteiger partial charge in [0.1, 0.15) is 11.5 Å². The van der Waals surface area contributed by atoms with Crippen molar-refractivity contribution in [1.29, 1.82) is 0 Å². The predicted molar refractivity (Wildman–Crippen MR) is 145 cm³/mol. The fraction of sp³-hybridized carbons (Fsp3) is 0.435. The quantitative estimate of drug-likeness (QED) is 0.206. The fourth-order valence-electron chi connectivity index (χ4n) is 3.54. The van der Waals surface area contributed by atoms with E-state index in [0.717, 1.165) is 28.9 Å². The maximum absolute atomic E-state index is 12.5. The molecule has 3 N–H and O–H groups in total. The summed E-state index contributed by atoms with van der Waals surface area (Å²) in [5.74, 6) is -0.0817. The van der Waals surface area contributed by atoms with Crippen LogP contribution in [0.2, 0.25) is 23.2 Å². The molecule has 8 nitrogen and oxygen atoms in total. The van der Waals surface area contributed by atoms with Gasteiger partial charge in [-0.05, 0) is 70.0 Å². The molecule has 2 aromatic carbocycles. The molecule has 0 fully saturated rings. The molecule has 0 saturated heterocycles. The van der Waals surface area contributed by atoms with Crippen LogP contribution in [-0.4, -0.2) is 47.2 Å². The number of rotatable bonds is 13. The standard InChI is InChI=1S/C23H32BrClN2O6SSi/c1-5-35(6-2,7-3)33-22(16-8-11-21(28)20(12-16)27-34(4,30)31)14-26-23(29)15-32-17-9-10-18(24)19(25)13-17/h8-13,22,27-28H,5-7,14-15H2,1-4H3,(H,26,29)/t22-/m1/s1. The molecule has 0 unspecified atom stereocenters. The monoisotopic (exact) mass is 606 g/mol. The van der Waals surface area contributed by atoms with Gasteiger partial charge in [-0.15, -0.1) is 0 Å². The third-order valence-electron chi connectivity index (χ3n) is 5.76. The zero-order chi connectivity index (χ0) is 26.2. The van der Waals surface area contributed by atoms with Gasteiger partial charge in [-0.25, -0.2) is 8.42 Å². The van der Waals surface area contributed by atoms with Crippen LogP contribution in [0.4, 0.5) is 5.69 Å². The molecule has 2 rings (SSSR count). The molecule has 194 valence electrons. The van der Waals surface area contributed by atoms with Crippen molar-refractivity contribution < 1.29 is 27.5 Å². The highest BCUT2D eigenvalue weighted by atomic mass is 79.9. The first-order valence-corrected chi connectivity index (χ1v) is 16.8. The second kappa shape index (κ2) is 13.0. The Balaban J connectivity index is 2.20. The smallest absolute Gasteiger partial charge is 0.258 e. The highest BCUT2D eigenvalue weighted by Crippen LogP contribution is 2.33. The van der Waals surface area contributed by atoms with E-state index in [1.54, 1.807) is 24.3 Å². The highest BCUT2D eigenvalue weighted by molar-refractivity contribution is 9.10. The number of sulfonamides is 1. The van der Waals surface area contributed by atoms with E-state index in [-0.39, 0.29) is 30.5 Å². The summed E-state index contributed by atoms with van der Waals surface area (Å²) in [7, 11) is -5.70. The lowest BCUT2D eigenvalue weighted by Crippen LogP contribution is -2.41. The summed E-state index contributed by atoms with van der Waals surface area (Å²) in [6.45, 7) is 6.23. The number of aromatic hydroxyl groups is 1. The Morgan fingerprint density at radius 1 is 1.14 bits per heavy atom. The van der Waals surface area contributed by atoms with Gasteiger partial charge in [0, 0.05) is 11.0 Å². The van der Waals surface area contributed by atoms with Gasteiger partial charge in [0.05, 0.1) is 23.1 Å². The van der Waals surface area contributed by atoms with Gasteiger partial charge in [0.15, 0.2) is 14.9 Å². The SMILES string of the molecule is CC[Si](CC)(CC)O[C@H](CNC(=O)COc1ccc(Br)c(Cl)c1)c1ccc(O)c(NS(C)(=O)=O)c1. The van der Waals surface area contributed by atoms with Crippen molar-refractivity contribution in [3.8, 4) is 11.5 Å². The zero-order valence-electron chi connectivity index (χ0n) is 20.2. The number of carbonyl (C=O) groups is 1. The first-order valence-electron chi connectivity index (χ1n) is 11.2. The summed E-state index contributed by atoms with van der Waals surface area (Å²) < 4.78 is 38.7. The lowest BCUT2D eigenvalue weighted by molar-refractivity contribution is -0.123. The number of hydrogen-bond acceptors (Lipinski definition) is 6. The lowest BCUT2D eigenvalue weighted by Gasteiger charge is -2.34. The molecule has 0 aliphatic carbocycles. The van der Waals surface area contributed by atoms with Gasteiger partial charge in [-0.3, -0.25) is 9.52 Å². The fourth-order valence-corrected chi connectivity index (χ4v) is 7.34. The Morgan fingerprint density at radius 3 is 2.37 bits per heavy atom. The van der Waals surface area contributed by atoms with Crippen molar-refractivity contribution in [3.05, 3.63) is 51.5 Å². The molecule has 1 atom stereocenters. The molecule has 2 aromatic rings. The number of carbonyl (C=O) groups excluding carboxylic acids is 1. The number of anilines is 1. The van der Waals surface area contributed by atoms with E-state index >= 15 is 0 Å². The molecule has 0 radical (unpaired) electrons. The van der Waals surface area contributed by atoms with Crippen molar-refractivity contribution >= 4 is 57.5 Å². The summed E-state index contributed by atoms with van der Waals surface area (Å²) in [6, 6.07) is 12.3. The molecule has 0 heterocycles. The van der Waals surface area contributed by atoms with Crippen LogP contribution in [0.3, 0.4) is 0 Å². The molecular weight excluding hydrogens is 576 g/mol. The minimum atomic E-state index is -3.60. The van der Waals surface area contributed by atoms with Crippen LogP contribution in [0.1, 0.15) is 32.4 Å². The molecule has 1 amide bonds. The third kappa shape index (κ3) is 8.98. The predicted octanol–water partition coefficient (Wildman–Crippen LogP) is 5.44. The highest BCUT2D eigenvalue weighted by Gasteiger charge is 2.33. The Kier molecular flexibility index (Phi) is 10.9. The van der Waals surface area contributed by atoms with Gasteiger partial charge in [0.25, 0.3) is 5.91 Å². The summed E-state index contributed by atoms with van der Waals surface area (Å²) >= 11 is 9.37. The summed E-state index contributed by atoms with van der Waals surface area (Å²) in [5.41, 5.74) is 0.694. The van der Waals surface area contributed by atoms with E-state index in [1.165, 1.54) is 12.1 Å². The largest absolute Gasteiger partial charge is 0.506 e. The minimum absolute atomic E-state index is 0.0529. The zero-order valence-corrected chi connectivity index (χ0v) is 24.4. The molecular formula is C23H32BrClN2O6SSi. The number of amides is 1. The van der Waals surface area contributed by atoms with E-state index < -0.39 is 24.4 Å². The summed E-state index contributed by atoms with van der Waals surface area (Å²) in [6.07, 6.45) is 0.475. The van der Waals surface area contributed by atoms with E-state index in [0.29, 0.717) is 16.3 Å². The molecule has 0 aliphatic rings. The van der Waals surface area contributed by atoms with Crippen LogP contribution in [0, 0.1) is 0 Å². The normalized spacial score (nSPS) is 12.7. The summed E-state index contributed by atoms with van der Waals surface area (Å²) in [4.78, 5) is 12.5. The van der Waals surface area contributed by atoms with E-state index in [1.807, 2.05) is 0 Å². The van der Waals surface area contributed by atoms with Crippen LogP contribution in [0.5, 0.6) is 11.5 Å².